The standard InChI is InChI=1S/C24H16ClF4N5O2/c1-2-18-14-7-11(3-6-13(14)23(35)33-32-18)16-10-31-34(24(27,28)29)22(16)20-15(9-30)19(36-12-4-5-12)8-17(25)21(20)26/h3,6-8,10,12H,2,4-5H2,1H3,(H,33,35). The number of hydrogen-bond donors (Lipinski definition) is 1. The largest absolute Gasteiger partial charge is 0.505 e. The van der Waals surface area contributed by atoms with Gasteiger partial charge in [0.15, 0.2) is 5.82 Å². The summed E-state index contributed by atoms with van der Waals surface area (Å²) in [5.41, 5.74) is -1.67. The van der Waals surface area contributed by atoms with Crippen molar-refractivity contribution in [2.24, 2.45) is 0 Å². The number of aromatic amines is 1. The second-order valence-corrected chi connectivity index (χ2v) is 8.66. The second-order valence-electron chi connectivity index (χ2n) is 8.25. The van der Waals surface area contributed by atoms with Crippen molar-refractivity contribution in [1.29, 1.82) is 5.26 Å². The van der Waals surface area contributed by atoms with Gasteiger partial charge in [-0.05, 0) is 37.0 Å². The number of ether oxygens (including phenoxy) is 1. The third-order valence-corrected chi connectivity index (χ3v) is 6.15. The zero-order valence-corrected chi connectivity index (χ0v) is 19.3. The molecule has 0 bridgehead atoms. The molecule has 1 aliphatic carbocycles. The summed E-state index contributed by atoms with van der Waals surface area (Å²) in [5.74, 6) is -1.32. The van der Waals surface area contributed by atoms with Crippen molar-refractivity contribution in [3.05, 3.63) is 62.9 Å². The molecule has 4 aromatic rings. The van der Waals surface area contributed by atoms with Crippen LogP contribution in [0.4, 0.5) is 17.6 Å². The molecule has 0 atom stereocenters. The predicted molar refractivity (Wildman–Crippen MR) is 123 cm³/mol. The van der Waals surface area contributed by atoms with E-state index in [9.17, 15) is 23.2 Å². The molecule has 0 saturated heterocycles. The summed E-state index contributed by atoms with van der Waals surface area (Å²) < 4.78 is 62.9. The van der Waals surface area contributed by atoms with Gasteiger partial charge in [-0.2, -0.15) is 20.1 Å². The lowest BCUT2D eigenvalue weighted by Crippen LogP contribution is -2.20. The van der Waals surface area contributed by atoms with Gasteiger partial charge in [-0.15, -0.1) is 13.2 Å². The first-order chi connectivity index (χ1) is 17.1. The Morgan fingerprint density at radius 2 is 2.03 bits per heavy atom. The molecule has 5 rings (SSSR count). The Morgan fingerprint density at radius 1 is 1.28 bits per heavy atom. The lowest BCUT2D eigenvalue weighted by atomic mass is 9.95. The summed E-state index contributed by atoms with van der Waals surface area (Å²) in [6.45, 7) is 1.81. The minimum Gasteiger partial charge on any atom is -0.489 e. The molecular weight excluding hydrogens is 502 g/mol. The molecule has 7 nitrogen and oxygen atoms in total. The number of hydrogen-bond acceptors (Lipinski definition) is 5. The highest BCUT2D eigenvalue weighted by Crippen LogP contribution is 2.45. The van der Waals surface area contributed by atoms with Crippen LogP contribution >= 0.6 is 11.6 Å². The van der Waals surface area contributed by atoms with Crippen molar-refractivity contribution in [3.8, 4) is 34.2 Å². The molecule has 2 heterocycles. The zero-order valence-electron chi connectivity index (χ0n) is 18.6. The van der Waals surface area contributed by atoms with Gasteiger partial charge in [0.25, 0.3) is 5.56 Å². The summed E-state index contributed by atoms with van der Waals surface area (Å²) in [5, 5.41) is 19.9. The van der Waals surface area contributed by atoms with Gasteiger partial charge < -0.3 is 4.74 Å². The lowest BCUT2D eigenvalue weighted by Gasteiger charge is -2.17. The monoisotopic (exact) mass is 517 g/mol. The quantitative estimate of drug-likeness (QED) is 0.343. The minimum atomic E-state index is -5.04. The maximum Gasteiger partial charge on any atom is 0.505 e. The zero-order chi connectivity index (χ0) is 25.8. The fraction of sp³-hybridized carbons (Fsp3) is 0.250. The van der Waals surface area contributed by atoms with Gasteiger partial charge in [0.1, 0.15) is 17.4 Å². The molecule has 2 aromatic heterocycles. The fourth-order valence-corrected chi connectivity index (χ4v) is 4.24. The van der Waals surface area contributed by atoms with Crippen LogP contribution in [0.25, 0.3) is 33.2 Å². The number of fused-ring (bicyclic) bond motifs is 1. The number of nitrogens with zero attached hydrogens (tertiary/aromatic N) is 4. The second kappa shape index (κ2) is 8.64. The van der Waals surface area contributed by atoms with Gasteiger partial charge in [-0.25, -0.2) is 9.49 Å². The number of halogens is 5. The maximum absolute atomic E-state index is 15.4. The topological polar surface area (TPSA) is 96.6 Å². The summed E-state index contributed by atoms with van der Waals surface area (Å²) in [6, 6.07) is 7.23. The van der Waals surface area contributed by atoms with Crippen molar-refractivity contribution in [2.75, 3.05) is 0 Å². The van der Waals surface area contributed by atoms with E-state index < -0.39 is 39.5 Å². The summed E-state index contributed by atoms with van der Waals surface area (Å²) in [4.78, 5) is 12.2. The van der Waals surface area contributed by atoms with Crippen molar-refractivity contribution >= 4 is 22.4 Å². The van der Waals surface area contributed by atoms with Crippen LogP contribution in [0.5, 0.6) is 5.75 Å². The van der Waals surface area contributed by atoms with E-state index in [4.69, 9.17) is 16.3 Å². The predicted octanol–water partition coefficient (Wildman–Crippen LogP) is 5.70. The average Bonchev–Trinajstić information content (AvgIpc) is 3.54. The van der Waals surface area contributed by atoms with Crippen LogP contribution in [0, 0.1) is 17.1 Å². The Labute approximate surface area is 205 Å². The van der Waals surface area contributed by atoms with E-state index >= 15 is 4.39 Å². The highest BCUT2D eigenvalue weighted by atomic mass is 35.5. The van der Waals surface area contributed by atoms with Gasteiger partial charge in [0.05, 0.1) is 39.7 Å². The van der Waals surface area contributed by atoms with E-state index in [0.29, 0.717) is 35.7 Å². The normalized spacial score (nSPS) is 13.7. The molecule has 1 saturated carbocycles. The van der Waals surface area contributed by atoms with E-state index in [2.05, 4.69) is 15.3 Å². The number of nitriles is 1. The highest BCUT2D eigenvalue weighted by molar-refractivity contribution is 6.31. The average molecular weight is 518 g/mol. The number of aryl methyl sites for hydroxylation is 1. The molecule has 0 spiro atoms. The summed E-state index contributed by atoms with van der Waals surface area (Å²) >= 11 is 6.05. The van der Waals surface area contributed by atoms with Crippen LogP contribution in [0.2, 0.25) is 5.02 Å². The molecule has 2 aromatic carbocycles. The van der Waals surface area contributed by atoms with Crippen molar-refractivity contribution in [2.45, 2.75) is 38.6 Å². The van der Waals surface area contributed by atoms with E-state index in [1.165, 1.54) is 18.2 Å². The molecule has 1 fully saturated rings. The highest BCUT2D eigenvalue weighted by Gasteiger charge is 2.39. The smallest absolute Gasteiger partial charge is 0.489 e. The van der Waals surface area contributed by atoms with Crippen LogP contribution in [0.3, 0.4) is 0 Å². The first-order valence-corrected chi connectivity index (χ1v) is 11.3. The van der Waals surface area contributed by atoms with Crippen molar-refractivity contribution < 1.29 is 22.3 Å². The number of rotatable bonds is 5. The molecule has 12 heteroatoms. The van der Waals surface area contributed by atoms with Crippen molar-refractivity contribution in [1.82, 2.24) is 20.0 Å². The van der Waals surface area contributed by atoms with Gasteiger partial charge >= 0.3 is 6.30 Å². The molecular formula is C24H16ClF4N5O2. The SMILES string of the molecule is CCc1n[nH]c(=O)c2ccc(-c3cnn(C(F)(F)F)c3-c3c(F)c(Cl)cc(OC4CC4)c3C#N)cc12. The maximum atomic E-state index is 15.4. The number of nitrogens with one attached hydrogen (secondary N) is 1. The molecule has 0 aliphatic heterocycles. The van der Waals surface area contributed by atoms with Gasteiger partial charge in [-0.1, -0.05) is 24.6 Å². The van der Waals surface area contributed by atoms with E-state index in [1.807, 2.05) is 6.92 Å². The Hall–Kier alpha value is -3.91. The molecule has 0 radical (unpaired) electrons. The molecule has 1 N–H and O–H groups in total. The molecule has 36 heavy (non-hydrogen) atoms. The number of benzene rings is 2. The lowest BCUT2D eigenvalue weighted by molar-refractivity contribution is -0.211. The minimum absolute atomic E-state index is 0.107. The van der Waals surface area contributed by atoms with Gasteiger partial charge in [0.2, 0.25) is 0 Å². The first-order valence-electron chi connectivity index (χ1n) is 10.9. The van der Waals surface area contributed by atoms with Crippen LogP contribution in [-0.2, 0) is 12.7 Å². The van der Waals surface area contributed by atoms with Crippen molar-refractivity contribution in [3.63, 3.8) is 0 Å². The Morgan fingerprint density at radius 3 is 2.67 bits per heavy atom. The summed E-state index contributed by atoms with van der Waals surface area (Å²) in [7, 11) is 0. The third kappa shape index (κ3) is 3.97. The third-order valence-electron chi connectivity index (χ3n) is 5.87. The Balaban J connectivity index is 1.83. The molecule has 184 valence electrons. The first kappa shape index (κ1) is 23.8. The number of aromatic nitrogens is 4. The van der Waals surface area contributed by atoms with Gasteiger partial charge in [-0.3, -0.25) is 4.79 Å². The number of H-pyrrole nitrogens is 1. The van der Waals surface area contributed by atoms with Crippen LogP contribution in [0.15, 0.2) is 35.3 Å². The van der Waals surface area contributed by atoms with Crippen LogP contribution in [0.1, 0.15) is 31.0 Å². The van der Waals surface area contributed by atoms with Crippen LogP contribution in [-0.4, -0.2) is 26.1 Å². The molecule has 0 unspecified atom stereocenters. The molecule has 1 aliphatic rings. The fourth-order valence-electron chi connectivity index (χ4n) is 4.04. The number of alkyl halides is 3. The van der Waals surface area contributed by atoms with Crippen LogP contribution < -0.4 is 10.3 Å². The Bertz CT molecular complexity index is 1620. The van der Waals surface area contributed by atoms with Gasteiger partial charge in [0, 0.05) is 17.0 Å². The molecule has 0 amide bonds. The summed E-state index contributed by atoms with van der Waals surface area (Å²) in [6.07, 6.45) is -2.50. The van der Waals surface area contributed by atoms with E-state index in [-0.39, 0.29) is 27.7 Å². The van der Waals surface area contributed by atoms with E-state index in [1.54, 1.807) is 6.07 Å². The Kier molecular flexibility index (Phi) is 5.71. The van der Waals surface area contributed by atoms with E-state index in [0.717, 1.165) is 12.3 Å².